The monoisotopic (exact) mass is 421 g/mol. The van der Waals surface area contributed by atoms with Gasteiger partial charge in [0.1, 0.15) is 6.07 Å². The van der Waals surface area contributed by atoms with Crippen molar-refractivity contribution in [2.45, 2.75) is 25.3 Å². The van der Waals surface area contributed by atoms with E-state index in [-0.39, 0.29) is 18.0 Å². The van der Waals surface area contributed by atoms with Gasteiger partial charge in [0.15, 0.2) is 5.76 Å². The first-order valence-electron chi connectivity index (χ1n) is 10.8. The summed E-state index contributed by atoms with van der Waals surface area (Å²) in [7, 11) is 0. The summed E-state index contributed by atoms with van der Waals surface area (Å²) in [5.74, 6) is 0.259. The molecule has 1 N–H and O–H groups in total. The third kappa shape index (κ3) is 4.82. The molecular formula is C23H27N5O3. The van der Waals surface area contributed by atoms with Gasteiger partial charge in [0, 0.05) is 45.3 Å². The number of amides is 3. The highest BCUT2D eigenvalue weighted by molar-refractivity contribution is 5.91. The first-order chi connectivity index (χ1) is 15.2. The summed E-state index contributed by atoms with van der Waals surface area (Å²) in [6.45, 7) is 4.01. The Hall–Kier alpha value is -3.47. The summed E-state index contributed by atoms with van der Waals surface area (Å²) >= 11 is 0. The second-order valence-electron chi connectivity index (χ2n) is 7.95. The smallest absolute Gasteiger partial charge is 0.317 e. The molecule has 162 valence electrons. The molecule has 0 unspecified atom stereocenters. The van der Waals surface area contributed by atoms with Gasteiger partial charge in [-0.3, -0.25) is 4.79 Å². The number of piperidine rings is 1. The van der Waals surface area contributed by atoms with Crippen LogP contribution in [0.3, 0.4) is 0 Å². The van der Waals surface area contributed by atoms with Gasteiger partial charge < -0.3 is 24.4 Å². The second-order valence-corrected chi connectivity index (χ2v) is 7.95. The van der Waals surface area contributed by atoms with E-state index in [1.807, 2.05) is 29.2 Å². The number of carbonyl (C=O) groups is 2. The number of nitrogens with zero attached hydrogens (tertiary/aromatic N) is 4. The molecule has 2 aromatic rings. The van der Waals surface area contributed by atoms with Crippen LogP contribution in [-0.2, 0) is 0 Å². The minimum absolute atomic E-state index is 0.0498. The number of hydrogen-bond acceptors (Lipinski definition) is 5. The molecule has 0 spiro atoms. The van der Waals surface area contributed by atoms with Gasteiger partial charge in [-0.05, 0) is 43.5 Å². The van der Waals surface area contributed by atoms with Crippen LogP contribution in [0.5, 0.6) is 0 Å². The van der Waals surface area contributed by atoms with Crippen LogP contribution in [0.25, 0.3) is 0 Å². The number of hydrogen-bond donors (Lipinski definition) is 1. The molecule has 2 fully saturated rings. The fourth-order valence-electron chi connectivity index (χ4n) is 4.25. The summed E-state index contributed by atoms with van der Waals surface area (Å²) in [4.78, 5) is 31.0. The highest BCUT2D eigenvalue weighted by atomic mass is 16.3. The van der Waals surface area contributed by atoms with Crippen molar-refractivity contribution in [3.05, 3.63) is 54.0 Å². The van der Waals surface area contributed by atoms with Crippen molar-refractivity contribution in [3.63, 3.8) is 0 Å². The van der Waals surface area contributed by atoms with Crippen LogP contribution in [0.4, 0.5) is 10.5 Å². The molecule has 1 aromatic carbocycles. The van der Waals surface area contributed by atoms with Gasteiger partial charge >= 0.3 is 6.03 Å². The lowest BCUT2D eigenvalue weighted by molar-refractivity contribution is 0.0674. The number of benzene rings is 1. The molecule has 4 rings (SSSR count). The fraction of sp³-hybridized carbons (Fsp3) is 0.435. The molecule has 1 aromatic heterocycles. The number of carbonyl (C=O) groups excluding carboxylic acids is 2. The zero-order valence-electron chi connectivity index (χ0n) is 17.5. The lowest BCUT2D eigenvalue weighted by Gasteiger charge is -2.33. The predicted octanol–water partition coefficient (Wildman–Crippen LogP) is 2.68. The molecule has 31 heavy (non-hydrogen) atoms. The van der Waals surface area contributed by atoms with Crippen LogP contribution < -0.4 is 10.2 Å². The van der Waals surface area contributed by atoms with E-state index >= 15 is 0 Å². The molecule has 8 heteroatoms. The second kappa shape index (κ2) is 9.56. The molecule has 2 aliphatic rings. The van der Waals surface area contributed by atoms with Crippen LogP contribution in [0.15, 0.2) is 47.1 Å². The average molecular weight is 422 g/mol. The van der Waals surface area contributed by atoms with Crippen LogP contribution >= 0.6 is 0 Å². The van der Waals surface area contributed by atoms with Crippen LogP contribution in [-0.4, -0.2) is 67.0 Å². The lowest BCUT2D eigenvalue weighted by atomic mass is 10.0. The molecule has 2 saturated heterocycles. The number of nitriles is 1. The summed E-state index contributed by atoms with van der Waals surface area (Å²) in [6.07, 6.45) is 3.81. The summed E-state index contributed by atoms with van der Waals surface area (Å²) in [6, 6.07) is 13.2. The number of anilines is 1. The van der Waals surface area contributed by atoms with Crippen molar-refractivity contribution in [1.82, 2.24) is 15.1 Å². The Labute approximate surface area is 182 Å². The SMILES string of the molecule is N#Cc1ccccc1N1CCCN(C(=O)NC2CCN(C(=O)c3ccco3)CC2)CC1. The van der Waals surface area contributed by atoms with Crippen molar-refractivity contribution in [1.29, 1.82) is 5.26 Å². The Morgan fingerprint density at radius 2 is 1.77 bits per heavy atom. The zero-order chi connectivity index (χ0) is 21.6. The molecule has 0 radical (unpaired) electrons. The third-order valence-corrected chi connectivity index (χ3v) is 5.99. The fourth-order valence-corrected chi connectivity index (χ4v) is 4.25. The van der Waals surface area contributed by atoms with Crippen molar-refractivity contribution < 1.29 is 14.0 Å². The van der Waals surface area contributed by atoms with Gasteiger partial charge in [-0.25, -0.2) is 4.79 Å². The van der Waals surface area contributed by atoms with E-state index in [0.717, 1.165) is 31.5 Å². The Bertz CT molecular complexity index is 944. The van der Waals surface area contributed by atoms with E-state index < -0.39 is 0 Å². The van der Waals surface area contributed by atoms with Crippen molar-refractivity contribution in [2.24, 2.45) is 0 Å². The van der Waals surface area contributed by atoms with Crippen LogP contribution in [0.1, 0.15) is 35.4 Å². The topological polar surface area (TPSA) is 92.8 Å². The average Bonchev–Trinajstić information content (AvgIpc) is 3.23. The van der Waals surface area contributed by atoms with Gasteiger partial charge in [-0.15, -0.1) is 0 Å². The Morgan fingerprint density at radius 1 is 0.968 bits per heavy atom. The van der Waals surface area contributed by atoms with Gasteiger partial charge in [-0.2, -0.15) is 5.26 Å². The molecule has 8 nitrogen and oxygen atoms in total. The maximum absolute atomic E-state index is 12.8. The van der Waals surface area contributed by atoms with Gasteiger partial charge in [0.25, 0.3) is 5.91 Å². The molecular weight excluding hydrogens is 394 g/mol. The van der Waals surface area contributed by atoms with E-state index in [9.17, 15) is 14.9 Å². The zero-order valence-corrected chi connectivity index (χ0v) is 17.5. The normalized spacial score (nSPS) is 17.7. The maximum Gasteiger partial charge on any atom is 0.317 e. The van der Waals surface area contributed by atoms with Gasteiger partial charge in [0.05, 0.1) is 17.5 Å². The van der Waals surface area contributed by atoms with E-state index in [1.165, 1.54) is 6.26 Å². The number of furan rings is 1. The summed E-state index contributed by atoms with van der Waals surface area (Å²) in [5, 5.41) is 12.5. The predicted molar refractivity (Wildman–Crippen MR) is 116 cm³/mol. The molecule has 0 saturated carbocycles. The lowest BCUT2D eigenvalue weighted by Crippen LogP contribution is -2.50. The van der Waals surface area contributed by atoms with Crippen molar-refractivity contribution in [3.8, 4) is 6.07 Å². The number of para-hydroxylation sites is 1. The molecule has 0 bridgehead atoms. The Morgan fingerprint density at radius 3 is 2.52 bits per heavy atom. The highest BCUT2D eigenvalue weighted by Crippen LogP contribution is 2.21. The minimum Gasteiger partial charge on any atom is -0.459 e. The Balaban J connectivity index is 1.27. The molecule has 3 amide bonds. The van der Waals surface area contributed by atoms with Gasteiger partial charge in [-0.1, -0.05) is 12.1 Å². The minimum atomic E-state index is -0.0972. The molecule has 3 heterocycles. The number of urea groups is 1. The molecule has 2 aliphatic heterocycles. The summed E-state index contributed by atoms with van der Waals surface area (Å²) in [5.41, 5.74) is 1.59. The quantitative estimate of drug-likeness (QED) is 0.823. The van der Waals surface area contributed by atoms with Crippen molar-refractivity contribution in [2.75, 3.05) is 44.2 Å². The third-order valence-electron chi connectivity index (χ3n) is 5.99. The molecule has 0 atom stereocenters. The van der Waals surface area contributed by atoms with Crippen LogP contribution in [0, 0.1) is 11.3 Å². The van der Waals surface area contributed by atoms with Crippen molar-refractivity contribution >= 4 is 17.6 Å². The van der Waals surface area contributed by atoms with E-state index in [2.05, 4.69) is 16.3 Å². The standard InChI is InChI=1S/C23H27N5O3/c24-17-18-5-1-2-6-20(18)26-10-4-11-28(15-14-26)23(30)25-19-8-12-27(13-9-19)22(29)21-7-3-16-31-21/h1-3,5-7,16,19H,4,8-15H2,(H,25,30). The first kappa shape index (κ1) is 20.8. The summed E-state index contributed by atoms with van der Waals surface area (Å²) < 4.78 is 5.20. The van der Waals surface area contributed by atoms with E-state index in [4.69, 9.17) is 4.42 Å². The van der Waals surface area contributed by atoms with Crippen LogP contribution in [0.2, 0.25) is 0 Å². The first-order valence-corrected chi connectivity index (χ1v) is 10.8. The van der Waals surface area contributed by atoms with E-state index in [1.54, 1.807) is 17.0 Å². The Kier molecular flexibility index (Phi) is 6.41. The van der Waals surface area contributed by atoms with E-state index in [0.29, 0.717) is 44.0 Å². The number of rotatable bonds is 3. The number of likely N-dealkylation sites (tertiary alicyclic amines) is 1. The maximum atomic E-state index is 12.8. The molecule has 0 aliphatic carbocycles. The van der Waals surface area contributed by atoms with Gasteiger partial charge in [0.2, 0.25) is 0 Å². The highest BCUT2D eigenvalue weighted by Gasteiger charge is 2.27. The number of nitrogens with one attached hydrogen (secondary N) is 1. The largest absolute Gasteiger partial charge is 0.459 e.